The van der Waals surface area contributed by atoms with Crippen molar-refractivity contribution in [1.82, 2.24) is 19.5 Å². The molecule has 1 saturated heterocycles. The third kappa shape index (κ3) is 3.04. The second-order valence-corrected chi connectivity index (χ2v) is 7.79. The molecular formula is C19H24N4OS. The van der Waals surface area contributed by atoms with E-state index in [2.05, 4.69) is 46.2 Å². The van der Waals surface area contributed by atoms with Crippen LogP contribution >= 0.6 is 11.3 Å². The lowest BCUT2D eigenvalue weighted by Gasteiger charge is -2.34. The van der Waals surface area contributed by atoms with Gasteiger partial charge in [0.05, 0.1) is 10.9 Å². The fourth-order valence-corrected chi connectivity index (χ4v) is 4.80. The standard InChI is InChI=1S/C19H24N4OS/c1-3-15-20-19-23(21-15)18(24)17(25-19)16(22-10-5-4-6-11-22)14-9-7-8-13(2)12-14/h7-9,12,16,24H,3-6,10-11H2,1-2H3/t16-/m0/s1. The third-order valence-corrected chi connectivity index (χ3v) is 5.99. The zero-order chi connectivity index (χ0) is 17.4. The molecule has 5 nitrogen and oxygen atoms in total. The maximum Gasteiger partial charge on any atom is 0.230 e. The molecule has 0 aliphatic carbocycles. The van der Waals surface area contributed by atoms with Crippen LogP contribution in [0.15, 0.2) is 24.3 Å². The molecule has 0 amide bonds. The summed E-state index contributed by atoms with van der Waals surface area (Å²) in [5.41, 5.74) is 2.48. The van der Waals surface area contributed by atoms with Crippen molar-refractivity contribution in [3.05, 3.63) is 46.1 Å². The number of piperidine rings is 1. The van der Waals surface area contributed by atoms with Gasteiger partial charge < -0.3 is 5.11 Å². The first-order chi connectivity index (χ1) is 12.2. The van der Waals surface area contributed by atoms with Crippen molar-refractivity contribution >= 4 is 16.3 Å². The Hall–Kier alpha value is -1.92. The molecule has 1 aromatic carbocycles. The summed E-state index contributed by atoms with van der Waals surface area (Å²) in [5, 5.41) is 15.3. The Kier molecular flexibility index (Phi) is 4.48. The lowest BCUT2D eigenvalue weighted by atomic mass is 9.99. The Morgan fingerprint density at radius 1 is 1.24 bits per heavy atom. The topological polar surface area (TPSA) is 53.7 Å². The number of likely N-dealkylation sites (tertiary alicyclic amines) is 1. The highest BCUT2D eigenvalue weighted by atomic mass is 32.1. The van der Waals surface area contributed by atoms with Gasteiger partial charge in [-0.1, -0.05) is 54.5 Å². The van der Waals surface area contributed by atoms with E-state index < -0.39 is 0 Å². The smallest absolute Gasteiger partial charge is 0.230 e. The van der Waals surface area contributed by atoms with Crippen molar-refractivity contribution in [3.8, 4) is 5.88 Å². The molecule has 6 heteroatoms. The minimum atomic E-state index is 0.0683. The number of nitrogens with zero attached hydrogens (tertiary/aromatic N) is 4. The van der Waals surface area contributed by atoms with E-state index in [0.29, 0.717) is 0 Å². The maximum absolute atomic E-state index is 10.9. The zero-order valence-electron chi connectivity index (χ0n) is 14.8. The SMILES string of the molecule is CCc1nc2sc([C@H](c3cccc(C)c3)N3CCCCC3)c(O)n2n1. The van der Waals surface area contributed by atoms with Gasteiger partial charge in [0.2, 0.25) is 10.8 Å². The second kappa shape index (κ2) is 6.77. The summed E-state index contributed by atoms with van der Waals surface area (Å²) in [4.78, 5) is 8.76. The molecule has 1 atom stereocenters. The van der Waals surface area contributed by atoms with Gasteiger partial charge in [-0.15, -0.1) is 5.10 Å². The predicted molar refractivity (Wildman–Crippen MR) is 100 cm³/mol. The predicted octanol–water partition coefficient (Wildman–Crippen LogP) is 3.94. The van der Waals surface area contributed by atoms with Crippen molar-refractivity contribution in [2.24, 2.45) is 0 Å². The number of fused-ring (bicyclic) bond motifs is 1. The third-order valence-electron chi connectivity index (χ3n) is 4.92. The fourth-order valence-electron chi connectivity index (χ4n) is 3.66. The quantitative estimate of drug-likeness (QED) is 0.769. The lowest BCUT2D eigenvalue weighted by Crippen LogP contribution is -2.34. The van der Waals surface area contributed by atoms with Crippen LogP contribution in [0.1, 0.15) is 54.1 Å². The van der Waals surface area contributed by atoms with E-state index in [0.717, 1.165) is 35.2 Å². The summed E-state index contributed by atoms with van der Waals surface area (Å²) in [5.74, 6) is 1.02. The van der Waals surface area contributed by atoms with Crippen molar-refractivity contribution in [2.45, 2.75) is 45.6 Å². The number of hydrogen-bond acceptors (Lipinski definition) is 5. The van der Waals surface area contributed by atoms with Gasteiger partial charge in [0.1, 0.15) is 0 Å². The van der Waals surface area contributed by atoms with Crippen LogP contribution in [0.25, 0.3) is 4.96 Å². The van der Waals surface area contributed by atoms with Crippen LogP contribution in [-0.2, 0) is 6.42 Å². The zero-order valence-corrected chi connectivity index (χ0v) is 15.6. The molecule has 0 bridgehead atoms. The van der Waals surface area contributed by atoms with Crippen LogP contribution in [-0.4, -0.2) is 37.7 Å². The van der Waals surface area contributed by atoms with Crippen molar-refractivity contribution in [2.75, 3.05) is 13.1 Å². The van der Waals surface area contributed by atoms with E-state index in [1.165, 1.54) is 30.4 Å². The van der Waals surface area contributed by atoms with Gasteiger partial charge in [0.15, 0.2) is 5.82 Å². The summed E-state index contributed by atoms with van der Waals surface area (Å²) in [6.45, 7) is 6.27. The van der Waals surface area contributed by atoms with Crippen LogP contribution in [0.4, 0.5) is 0 Å². The van der Waals surface area contributed by atoms with Gasteiger partial charge in [-0.3, -0.25) is 4.90 Å². The first-order valence-corrected chi connectivity index (χ1v) is 9.87. The molecule has 0 unspecified atom stereocenters. The molecule has 1 aliphatic heterocycles. The van der Waals surface area contributed by atoms with E-state index in [9.17, 15) is 5.11 Å². The van der Waals surface area contributed by atoms with Crippen LogP contribution in [0.5, 0.6) is 5.88 Å². The fraction of sp³-hybridized carbons (Fsp3) is 0.474. The number of aryl methyl sites for hydroxylation is 2. The van der Waals surface area contributed by atoms with E-state index in [4.69, 9.17) is 0 Å². The summed E-state index contributed by atoms with van der Waals surface area (Å²) in [6, 6.07) is 8.68. The van der Waals surface area contributed by atoms with Gasteiger partial charge in [0, 0.05) is 6.42 Å². The normalized spacial score (nSPS) is 17.2. The van der Waals surface area contributed by atoms with Gasteiger partial charge in [-0.05, 0) is 38.4 Å². The molecule has 3 heterocycles. The molecule has 2 aromatic heterocycles. The van der Waals surface area contributed by atoms with E-state index >= 15 is 0 Å². The molecule has 0 saturated carbocycles. The summed E-state index contributed by atoms with van der Waals surface area (Å²) in [7, 11) is 0. The summed E-state index contributed by atoms with van der Waals surface area (Å²) < 4.78 is 1.60. The van der Waals surface area contributed by atoms with Gasteiger partial charge in [-0.2, -0.15) is 4.52 Å². The number of aromatic nitrogens is 3. The van der Waals surface area contributed by atoms with Crippen LogP contribution < -0.4 is 0 Å². The number of aromatic hydroxyl groups is 1. The Morgan fingerprint density at radius 3 is 2.72 bits per heavy atom. The average molecular weight is 356 g/mol. The van der Waals surface area contributed by atoms with E-state index in [-0.39, 0.29) is 11.9 Å². The largest absolute Gasteiger partial charge is 0.492 e. The molecule has 25 heavy (non-hydrogen) atoms. The molecule has 1 N–H and O–H groups in total. The highest BCUT2D eigenvalue weighted by molar-refractivity contribution is 7.17. The molecule has 0 radical (unpaired) electrons. The Labute approximate surface area is 151 Å². The molecule has 0 spiro atoms. The van der Waals surface area contributed by atoms with E-state index in [1.54, 1.807) is 15.9 Å². The lowest BCUT2D eigenvalue weighted by molar-refractivity contribution is 0.186. The molecule has 4 rings (SSSR count). The van der Waals surface area contributed by atoms with Crippen molar-refractivity contribution < 1.29 is 5.11 Å². The first-order valence-electron chi connectivity index (χ1n) is 9.05. The average Bonchev–Trinajstić information content (AvgIpc) is 3.16. The number of thiazole rings is 1. The minimum absolute atomic E-state index is 0.0683. The van der Waals surface area contributed by atoms with Crippen LogP contribution in [0.3, 0.4) is 0 Å². The van der Waals surface area contributed by atoms with Gasteiger partial charge in [0.25, 0.3) is 0 Å². The second-order valence-electron chi connectivity index (χ2n) is 6.78. The van der Waals surface area contributed by atoms with E-state index in [1.807, 2.05) is 6.92 Å². The highest BCUT2D eigenvalue weighted by Crippen LogP contribution is 2.40. The minimum Gasteiger partial charge on any atom is -0.492 e. The highest BCUT2D eigenvalue weighted by Gasteiger charge is 2.30. The number of hydrogen-bond donors (Lipinski definition) is 1. The molecule has 132 valence electrons. The van der Waals surface area contributed by atoms with Crippen molar-refractivity contribution in [1.29, 1.82) is 0 Å². The Bertz CT molecular complexity index is 879. The number of rotatable bonds is 4. The molecule has 1 fully saturated rings. The van der Waals surface area contributed by atoms with Gasteiger partial charge >= 0.3 is 0 Å². The van der Waals surface area contributed by atoms with Gasteiger partial charge in [-0.25, -0.2) is 4.98 Å². The Balaban J connectivity index is 1.82. The van der Waals surface area contributed by atoms with Crippen LogP contribution in [0.2, 0.25) is 0 Å². The number of benzene rings is 1. The molecular weight excluding hydrogens is 332 g/mol. The maximum atomic E-state index is 10.9. The summed E-state index contributed by atoms with van der Waals surface area (Å²) in [6.07, 6.45) is 4.49. The monoisotopic (exact) mass is 356 g/mol. The van der Waals surface area contributed by atoms with Crippen LogP contribution in [0, 0.1) is 6.92 Å². The first kappa shape index (κ1) is 16.5. The summed E-state index contributed by atoms with van der Waals surface area (Å²) >= 11 is 1.56. The molecule has 3 aromatic rings. The Morgan fingerprint density at radius 2 is 2.04 bits per heavy atom. The van der Waals surface area contributed by atoms with Crippen molar-refractivity contribution in [3.63, 3.8) is 0 Å². The molecule has 1 aliphatic rings.